The number of nitrogens with zero attached hydrogens (tertiary/aromatic N) is 3. The third-order valence-electron chi connectivity index (χ3n) is 9.84. The van der Waals surface area contributed by atoms with E-state index < -0.39 is 29.7 Å². The maximum Gasteiger partial charge on any atom is 0.262 e. The van der Waals surface area contributed by atoms with Gasteiger partial charge in [0.2, 0.25) is 17.7 Å². The molecule has 4 fully saturated rings. The molecule has 5 aliphatic rings. The first kappa shape index (κ1) is 31.1. The summed E-state index contributed by atoms with van der Waals surface area (Å²) in [7, 11) is 0. The molecule has 1 unspecified atom stereocenters. The zero-order valence-corrected chi connectivity index (χ0v) is 26.2. The Kier molecular flexibility index (Phi) is 7.72. The Labute approximate surface area is 276 Å². The summed E-state index contributed by atoms with van der Waals surface area (Å²) >= 11 is 0. The van der Waals surface area contributed by atoms with Crippen molar-refractivity contribution in [2.24, 2.45) is 10.8 Å². The third kappa shape index (κ3) is 5.46. The van der Waals surface area contributed by atoms with Crippen LogP contribution in [0, 0.1) is 10.8 Å². The van der Waals surface area contributed by atoms with Crippen LogP contribution in [0.4, 0.5) is 17.2 Å². The lowest BCUT2D eigenvalue weighted by molar-refractivity contribution is -0.217. The molecule has 0 spiro atoms. The maximum atomic E-state index is 13.0. The summed E-state index contributed by atoms with van der Waals surface area (Å²) in [5.41, 5.74) is 14.8. The van der Waals surface area contributed by atoms with Gasteiger partial charge in [-0.15, -0.1) is 10.2 Å². The van der Waals surface area contributed by atoms with Crippen LogP contribution in [0.25, 0.3) is 11.3 Å². The number of amides is 5. The number of anilines is 3. The first-order valence-electron chi connectivity index (χ1n) is 16.1. The summed E-state index contributed by atoms with van der Waals surface area (Å²) in [4.78, 5) is 63.6. The van der Waals surface area contributed by atoms with Gasteiger partial charge < -0.3 is 26.8 Å². The van der Waals surface area contributed by atoms with Gasteiger partial charge in [0.1, 0.15) is 6.04 Å². The van der Waals surface area contributed by atoms with Crippen LogP contribution >= 0.6 is 0 Å². The molecule has 2 aliphatic heterocycles. The normalized spacial score (nSPS) is 23.9. The second-order valence-corrected chi connectivity index (χ2v) is 13.3. The van der Waals surface area contributed by atoms with E-state index in [0.717, 1.165) is 42.6 Å². The molecular formula is C34H36N8O6. The van der Waals surface area contributed by atoms with Gasteiger partial charge in [-0.3, -0.25) is 34.2 Å². The van der Waals surface area contributed by atoms with E-state index in [1.807, 2.05) is 18.2 Å². The predicted molar refractivity (Wildman–Crippen MR) is 174 cm³/mol. The molecule has 3 aliphatic carbocycles. The first-order chi connectivity index (χ1) is 23.1. The Bertz CT molecular complexity index is 1840. The average molecular weight is 653 g/mol. The number of piperidine rings is 1. The van der Waals surface area contributed by atoms with Crippen molar-refractivity contribution in [3.05, 3.63) is 59.7 Å². The number of carbonyl (C=O) groups is 5. The zero-order valence-electron chi connectivity index (χ0n) is 26.2. The molecule has 0 radical (unpaired) electrons. The van der Waals surface area contributed by atoms with E-state index in [1.165, 1.54) is 0 Å². The Morgan fingerprint density at radius 3 is 2.46 bits per heavy atom. The number of hydrogen-bond acceptors (Lipinski definition) is 11. The van der Waals surface area contributed by atoms with Gasteiger partial charge in [-0.2, -0.15) is 0 Å². The lowest BCUT2D eigenvalue weighted by atomic mass is 9.35. The van der Waals surface area contributed by atoms with Gasteiger partial charge in [0.05, 0.1) is 28.8 Å². The van der Waals surface area contributed by atoms with Crippen molar-refractivity contribution >= 4 is 46.7 Å². The Balaban J connectivity index is 0.825. The minimum absolute atomic E-state index is 0.0380. The summed E-state index contributed by atoms with van der Waals surface area (Å²) in [6, 6.07) is 13.0. The fraction of sp³-hybridized carbons (Fsp3) is 0.382. The van der Waals surface area contributed by atoms with E-state index in [4.69, 9.17) is 16.2 Å². The first-order valence-corrected chi connectivity index (χ1v) is 16.1. The molecular weight excluding hydrogens is 616 g/mol. The van der Waals surface area contributed by atoms with Gasteiger partial charge >= 0.3 is 0 Å². The summed E-state index contributed by atoms with van der Waals surface area (Å²) in [6.45, 7) is 1.60. The highest BCUT2D eigenvalue weighted by Gasteiger charge is 2.71. The van der Waals surface area contributed by atoms with E-state index in [0.29, 0.717) is 42.5 Å². The maximum absolute atomic E-state index is 13.0. The molecule has 14 nitrogen and oxygen atoms in total. The highest BCUT2D eigenvalue weighted by atomic mass is 16.5. The molecule has 3 saturated carbocycles. The van der Waals surface area contributed by atoms with Crippen LogP contribution in [-0.2, 0) is 14.4 Å². The molecule has 3 aromatic rings. The number of carbonyl (C=O) groups excluding carboxylic acids is 5. The number of fused-ring (bicyclic) bond motifs is 1. The number of para-hydroxylation sites is 1. The summed E-state index contributed by atoms with van der Waals surface area (Å²) < 4.78 is 6.07. The summed E-state index contributed by atoms with van der Waals surface area (Å²) in [6.07, 6.45) is 4.02. The van der Waals surface area contributed by atoms with Crippen LogP contribution in [0.5, 0.6) is 5.75 Å². The lowest BCUT2D eigenvalue weighted by Gasteiger charge is -2.68. The molecule has 1 aromatic heterocycles. The van der Waals surface area contributed by atoms with E-state index in [-0.39, 0.29) is 46.5 Å². The van der Waals surface area contributed by atoms with Crippen LogP contribution in [0.3, 0.4) is 0 Å². The second-order valence-electron chi connectivity index (χ2n) is 13.3. The van der Waals surface area contributed by atoms with Crippen LogP contribution in [-0.4, -0.2) is 70.4 Å². The van der Waals surface area contributed by atoms with Crippen molar-refractivity contribution in [2.75, 3.05) is 36.5 Å². The molecule has 2 aromatic carbocycles. The number of aromatic nitrogens is 2. The van der Waals surface area contributed by atoms with Crippen molar-refractivity contribution in [3.8, 4) is 17.0 Å². The van der Waals surface area contributed by atoms with Crippen LogP contribution in [0.1, 0.15) is 65.7 Å². The number of unbranched alkanes of at least 4 members (excludes halogenated alkanes) is 1. The van der Waals surface area contributed by atoms with Gasteiger partial charge in [0.25, 0.3) is 11.8 Å². The standard InChI is InChI=1S/C34H36N8O6/c35-23-6-2-1-5-21(23)24-14-26(28(36)41-40-24)48-18-33-15-34(16-33,17-33)32(47)38-12-4-3-11-37-19-7-8-20-22(13-19)31(46)42(30(20)45)25-9-10-27(43)39-29(25)44/h1-2,5-8,13-14,25,37H,3-4,9-12,15-18,35H2,(H2,36,41)(H,38,47)(H,39,43,44). The van der Waals surface area contributed by atoms with Crippen molar-refractivity contribution in [1.29, 1.82) is 0 Å². The molecule has 2 bridgehead atoms. The zero-order chi connectivity index (χ0) is 33.6. The van der Waals surface area contributed by atoms with Gasteiger partial charge in [0, 0.05) is 47.9 Å². The summed E-state index contributed by atoms with van der Waals surface area (Å²) in [5, 5.41) is 16.7. The van der Waals surface area contributed by atoms with Crippen LogP contribution in [0.15, 0.2) is 48.5 Å². The number of ether oxygens (including phenoxy) is 1. The molecule has 48 heavy (non-hydrogen) atoms. The number of nitrogen functional groups attached to an aromatic ring is 2. The Morgan fingerprint density at radius 2 is 1.69 bits per heavy atom. The smallest absolute Gasteiger partial charge is 0.262 e. The van der Waals surface area contributed by atoms with Crippen molar-refractivity contribution < 1.29 is 28.7 Å². The lowest BCUT2D eigenvalue weighted by Crippen LogP contribution is -2.69. The monoisotopic (exact) mass is 652 g/mol. The number of benzene rings is 2. The van der Waals surface area contributed by atoms with Crippen LogP contribution in [0.2, 0.25) is 0 Å². The molecule has 14 heteroatoms. The molecule has 1 atom stereocenters. The fourth-order valence-corrected chi connectivity index (χ4v) is 7.44. The topological polar surface area (TPSA) is 212 Å². The Morgan fingerprint density at radius 1 is 0.938 bits per heavy atom. The van der Waals surface area contributed by atoms with E-state index in [9.17, 15) is 24.0 Å². The van der Waals surface area contributed by atoms with Gasteiger partial charge in [-0.25, -0.2) is 0 Å². The molecule has 248 valence electrons. The van der Waals surface area contributed by atoms with Crippen molar-refractivity contribution in [1.82, 2.24) is 25.7 Å². The largest absolute Gasteiger partial charge is 0.489 e. The second kappa shape index (κ2) is 11.9. The van der Waals surface area contributed by atoms with Crippen LogP contribution < -0.4 is 32.2 Å². The molecule has 3 heterocycles. The molecule has 8 rings (SSSR count). The van der Waals surface area contributed by atoms with Crippen molar-refractivity contribution in [2.45, 2.75) is 51.0 Å². The van der Waals surface area contributed by atoms with Gasteiger partial charge in [-0.05, 0) is 62.8 Å². The van der Waals surface area contributed by atoms with E-state index in [2.05, 4.69) is 26.1 Å². The van der Waals surface area contributed by atoms with E-state index >= 15 is 0 Å². The fourth-order valence-electron chi connectivity index (χ4n) is 7.44. The minimum Gasteiger partial charge on any atom is -0.489 e. The molecule has 7 N–H and O–H groups in total. The average Bonchev–Trinajstić information content (AvgIpc) is 3.27. The van der Waals surface area contributed by atoms with Crippen molar-refractivity contribution in [3.63, 3.8) is 0 Å². The molecule has 1 saturated heterocycles. The highest BCUT2D eigenvalue weighted by Crippen LogP contribution is 2.73. The summed E-state index contributed by atoms with van der Waals surface area (Å²) in [5.74, 6) is -1.39. The minimum atomic E-state index is -0.996. The third-order valence-corrected chi connectivity index (χ3v) is 9.84. The van der Waals surface area contributed by atoms with Gasteiger partial charge in [-0.1, -0.05) is 18.2 Å². The van der Waals surface area contributed by atoms with Gasteiger partial charge in [0.15, 0.2) is 11.6 Å². The predicted octanol–water partition coefficient (Wildman–Crippen LogP) is 2.27. The Hall–Kier alpha value is -5.53. The SMILES string of the molecule is Nc1ccccc1-c1cc(OCC23CC(C(=O)NCCCCNc4ccc5c(c4)C(=O)N(C4CCC(=O)NC4=O)C5=O)(C2)C3)c(N)nn1. The highest BCUT2D eigenvalue weighted by molar-refractivity contribution is 6.23. The van der Waals surface area contributed by atoms with E-state index in [1.54, 1.807) is 30.3 Å². The number of nitrogens with two attached hydrogens (primary N) is 2. The molecule has 5 amide bonds. The number of imide groups is 2. The number of nitrogens with one attached hydrogen (secondary N) is 3. The number of rotatable bonds is 12. The number of hydrogen-bond donors (Lipinski definition) is 5. The quantitative estimate of drug-likeness (QED) is 0.109.